The number of urea groups is 1. The van der Waals surface area contributed by atoms with E-state index in [1.165, 1.54) is 0 Å². The maximum atomic E-state index is 11.9. The molecule has 2 N–H and O–H groups in total. The SMILES string of the molecule is CC(C)Cc1nc(CNC(=O)Nc2nc(-c3ccccc3)ns2)no1. The minimum absolute atomic E-state index is 0.178. The number of rotatable bonds is 6. The van der Waals surface area contributed by atoms with Gasteiger partial charge in [-0.15, -0.1) is 0 Å². The third-order valence-corrected chi connectivity index (χ3v) is 3.81. The molecular weight excluding hydrogens is 340 g/mol. The van der Waals surface area contributed by atoms with Crippen LogP contribution < -0.4 is 10.6 Å². The van der Waals surface area contributed by atoms with Gasteiger partial charge in [0.1, 0.15) is 0 Å². The zero-order valence-electron chi connectivity index (χ0n) is 13.9. The average molecular weight is 358 g/mol. The summed E-state index contributed by atoms with van der Waals surface area (Å²) in [7, 11) is 0. The number of carbonyl (C=O) groups is 1. The number of benzene rings is 1. The molecule has 0 radical (unpaired) electrons. The fourth-order valence-corrected chi connectivity index (χ4v) is 2.66. The lowest BCUT2D eigenvalue weighted by Crippen LogP contribution is -2.28. The van der Waals surface area contributed by atoms with Gasteiger partial charge in [-0.05, 0) is 5.92 Å². The van der Waals surface area contributed by atoms with E-state index >= 15 is 0 Å². The van der Waals surface area contributed by atoms with Crippen LogP contribution in [0.5, 0.6) is 0 Å². The van der Waals surface area contributed by atoms with Crippen molar-refractivity contribution in [1.29, 1.82) is 0 Å². The van der Waals surface area contributed by atoms with Crippen LogP contribution >= 0.6 is 11.5 Å². The molecule has 0 bridgehead atoms. The van der Waals surface area contributed by atoms with Gasteiger partial charge in [0.25, 0.3) is 0 Å². The first-order chi connectivity index (χ1) is 12.1. The van der Waals surface area contributed by atoms with Gasteiger partial charge in [0.05, 0.1) is 6.54 Å². The third-order valence-electron chi connectivity index (χ3n) is 3.18. The highest BCUT2D eigenvalue weighted by molar-refractivity contribution is 7.10. The first-order valence-electron chi connectivity index (χ1n) is 7.85. The van der Waals surface area contributed by atoms with Gasteiger partial charge in [0.15, 0.2) is 11.6 Å². The molecule has 3 aromatic rings. The second kappa shape index (κ2) is 7.84. The summed E-state index contributed by atoms with van der Waals surface area (Å²) >= 11 is 1.12. The van der Waals surface area contributed by atoms with Crippen molar-refractivity contribution in [3.05, 3.63) is 42.0 Å². The van der Waals surface area contributed by atoms with Crippen LogP contribution in [0.4, 0.5) is 9.93 Å². The normalized spacial score (nSPS) is 10.8. The fraction of sp³-hybridized carbons (Fsp3) is 0.312. The van der Waals surface area contributed by atoms with Gasteiger partial charge in [-0.2, -0.15) is 14.3 Å². The zero-order valence-corrected chi connectivity index (χ0v) is 14.7. The number of anilines is 1. The molecule has 0 unspecified atom stereocenters. The lowest BCUT2D eigenvalue weighted by Gasteiger charge is -2.01. The lowest BCUT2D eigenvalue weighted by atomic mass is 10.1. The van der Waals surface area contributed by atoms with E-state index in [1.54, 1.807) is 0 Å². The van der Waals surface area contributed by atoms with Crippen molar-refractivity contribution in [2.45, 2.75) is 26.8 Å². The molecule has 2 heterocycles. The highest BCUT2D eigenvalue weighted by Gasteiger charge is 2.11. The van der Waals surface area contributed by atoms with Crippen LogP contribution in [-0.2, 0) is 13.0 Å². The Hall–Kier alpha value is -2.81. The third kappa shape index (κ3) is 4.83. The number of aromatic nitrogens is 4. The smallest absolute Gasteiger partial charge is 0.321 e. The lowest BCUT2D eigenvalue weighted by molar-refractivity contribution is 0.251. The highest BCUT2D eigenvalue weighted by Crippen LogP contribution is 2.20. The van der Waals surface area contributed by atoms with E-state index < -0.39 is 6.03 Å². The van der Waals surface area contributed by atoms with Gasteiger partial charge in [-0.25, -0.2) is 4.79 Å². The van der Waals surface area contributed by atoms with E-state index in [-0.39, 0.29) is 6.54 Å². The first-order valence-corrected chi connectivity index (χ1v) is 8.63. The van der Waals surface area contributed by atoms with Gasteiger partial charge in [-0.3, -0.25) is 5.32 Å². The molecule has 3 rings (SSSR count). The standard InChI is InChI=1S/C16H18N6O2S/c1-10(2)8-13-18-12(21-24-13)9-17-15(23)20-16-19-14(22-25-16)11-6-4-3-5-7-11/h3-7,10H,8-9H2,1-2H3,(H2,17,19,20,22,23). The van der Waals surface area contributed by atoms with E-state index in [0.29, 0.717) is 35.0 Å². The molecule has 2 aromatic heterocycles. The summed E-state index contributed by atoms with van der Waals surface area (Å²) < 4.78 is 9.36. The molecule has 0 atom stereocenters. The van der Waals surface area contributed by atoms with Crippen molar-refractivity contribution in [3.8, 4) is 11.4 Å². The molecule has 130 valence electrons. The minimum Gasteiger partial charge on any atom is -0.339 e. The van der Waals surface area contributed by atoms with Gasteiger partial charge in [0.2, 0.25) is 11.0 Å². The maximum absolute atomic E-state index is 11.9. The Balaban J connectivity index is 1.51. The second-order valence-electron chi connectivity index (χ2n) is 5.80. The Bertz CT molecular complexity index is 830. The molecule has 0 aliphatic carbocycles. The van der Waals surface area contributed by atoms with Crippen molar-refractivity contribution in [1.82, 2.24) is 24.8 Å². The summed E-state index contributed by atoms with van der Waals surface area (Å²) in [5.74, 6) is 2.02. The van der Waals surface area contributed by atoms with Gasteiger partial charge < -0.3 is 9.84 Å². The summed E-state index contributed by atoms with van der Waals surface area (Å²) in [6.07, 6.45) is 0.715. The fourth-order valence-electron chi connectivity index (χ4n) is 2.07. The predicted molar refractivity (Wildman–Crippen MR) is 94.0 cm³/mol. The molecule has 0 aliphatic rings. The van der Waals surface area contributed by atoms with E-state index in [2.05, 4.69) is 44.0 Å². The van der Waals surface area contributed by atoms with Crippen LogP contribution in [0.3, 0.4) is 0 Å². The van der Waals surface area contributed by atoms with E-state index in [0.717, 1.165) is 17.1 Å². The molecule has 0 spiro atoms. The van der Waals surface area contributed by atoms with Crippen LogP contribution in [0.25, 0.3) is 11.4 Å². The molecule has 9 heteroatoms. The first kappa shape index (κ1) is 17.0. The number of nitrogens with one attached hydrogen (secondary N) is 2. The Morgan fingerprint density at radius 3 is 2.80 bits per heavy atom. The van der Waals surface area contributed by atoms with E-state index in [1.807, 2.05) is 30.3 Å². The molecule has 2 amide bonds. The molecule has 0 saturated carbocycles. The van der Waals surface area contributed by atoms with Crippen LogP contribution in [0, 0.1) is 5.92 Å². The maximum Gasteiger partial charge on any atom is 0.321 e. The molecule has 0 saturated heterocycles. The zero-order chi connectivity index (χ0) is 17.6. The van der Waals surface area contributed by atoms with Crippen molar-refractivity contribution in [3.63, 3.8) is 0 Å². The van der Waals surface area contributed by atoms with Crippen LogP contribution in [0.2, 0.25) is 0 Å². The van der Waals surface area contributed by atoms with E-state index in [4.69, 9.17) is 4.52 Å². The molecule has 0 aliphatic heterocycles. The van der Waals surface area contributed by atoms with Crippen molar-refractivity contribution < 1.29 is 9.32 Å². The average Bonchev–Trinajstić information content (AvgIpc) is 3.23. The van der Waals surface area contributed by atoms with Gasteiger partial charge in [0, 0.05) is 23.5 Å². The number of hydrogen-bond acceptors (Lipinski definition) is 7. The molecule has 0 fully saturated rings. The molecule has 1 aromatic carbocycles. The minimum atomic E-state index is -0.397. The summed E-state index contributed by atoms with van der Waals surface area (Å²) in [6.45, 7) is 4.32. The predicted octanol–water partition coefficient (Wildman–Crippen LogP) is 3.11. The Morgan fingerprint density at radius 2 is 2.04 bits per heavy atom. The second-order valence-corrected chi connectivity index (χ2v) is 6.55. The van der Waals surface area contributed by atoms with Crippen molar-refractivity contribution in [2.24, 2.45) is 5.92 Å². The summed E-state index contributed by atoms with van der Waals surface area (Å²) in [4.78, 5) is 20.5. The molecule has 25 heavy (non-hydrogen) atoms. The summed E-state index contributed by atoms with van der Waals surface area (Å²) in [5.41, 5.74) is 0.900. The van der Waals surface area contributed by atoms with Gasteiger partial charge >= 0.3 is 6.03 Å². The summed E-state index contributed by atoms with van der Waals surface area (Å²) in [5, 5.41) is 9.58. The van der Waals surface area contributed by atoms with Gasteiger partial charge in [-0.1, -0.05) is 49.3 Å². The number of nitrogens with zero attached hydrogens (tertiary/aromatic N) is 4. The molecule has 8 nitrogen and oxygen atoms in total. The quantitative estimate of drug-likeness (QED) is 0.701. The monoisotopic (exact) mass is 358 g/mol. The number of amides is 2. The van der Waals surface area contributed by atoms with Crippen molar-refractivity contribution >= 4 is 22.7 Å². The van der Waals surface area contributed by atoms with Crippen LogP contribution in [-0.4, -0.2) is 25.5 Å². The van der Waals surface area contributed by atoms with E-state index in [9.17, 15) is 4.79 Å². The highest BCUT2D eigenvalue weighted by atomic mass is 32.1. The van der Waals surface area contributed by atoms with Crippen LogP contribution in [0.1, 0.15) is 25.6 Å². The topological polar surface area (TPSA) is 106 Å². The Labute approximate surface area is 148 Å². The van der Waals surface area contributed by atoms with Crippen molar-refractivity contribution in [2.75, 3.05) is 5.32 Å². The molecular formula is C16H18N6O2S. The number of hydrogen-bond donors (Lipinski definition) is 2. The number of carbonyl (C=O) groups excluding carboxylic acids is 1. The summed E-state index contributed by atoms with van der Waals surface area (Å²) in [6, 6.07) is 9.18. The van der Waals surface area contributed by atoms with Crippen LogP contribution in [0.15, 0.2) is 34.9 Å². The Kier molecular flexibility index (Phi) is 5.34. The Morgan fingerprint density at radius 1 is 1.24 bits per heavy atom. The largest absolute Gasteiger partial charge is 0.339 e.